The second kappa shape index (κ2) is 6.40. The second-order valence-corrected chi connectivity index (χ2v) is 7.73. The highest BCUT2D eigenvalue weighted by atomic mass is 16.2. The van der Waals surface area contributed by atoms with E-state index >= 15 is 0 Å². The summed E-state index contributed by atoms with van der Waals surface area (Å²) >= 11 is 0. The van der Waals surface area contributed by atoms with Crippen molar-refractivity contribution in [3.63, 3.8) is 0 Å². The van der Waals surface area contributed by atoms with Crippen molar-refractivity contribution < 1.29 is 0 Å². The Kier molecular flexibility index (Phi) is 4.17. The summed E-state index contributed by atoms with van der Waals surface area (Å²) in [6, 6.07) is 8.28. The number of hydrogen-bond acceptors (Lipinski definition) is 4. The lowest BCUT2D eigenvalue weighted by Crippen LogP contribution is -2.40. The predicted molar refractivity (Wildman–Crippen MR) is 107 cm³/mol. The average molecular weight is 367 g/mol. The van der Waals surface area contributed by atoms with Gasteiger partial charge in [0.15, 0.2) is 11.2 Å². The van der Waals surface area contributed by atoms with E-state index in [0.717, 1.165) is 31.1 Å². The molecule has 142 valence electrons. The molecular formula is C20H25N5O2. The summed E-state index contributed by atoms with van der Waals surface area (Å²) in [6.45, 7) is 8.03. The molecule has 0 N–H and O–H groups in total. The molecular weight excluding hydrogens is 342 g/mol. The van der Waals surface area contributed by atoms with E-state index in [9.17, 15) is 9.59 Å². The van der Waals surface area contributed by atoms with Crippen molar-refractivity contribution in [1.29, 1.82) is 0 Å². The minimum absolute atomic E-state index is 0.209. The summed E-state index contributed by atoms with van der Waals surface area (Å²) in [6.07, 6.45) is 0.915. The summed E-state index contributed by atoms with van der Waals surface area (Å²) < 4.78 is 4.81. The Bertz CT molecular complexity index is 1120. The van der Waals surface area contributed by atoms with Crippen LogP contribution in [0.5, 0.6) is 0 Å². The maximum Gasteiger partial charge on any atom is 0.332 e. The molecule has 0 bridgehead atoms. The van der Waals surface area contributed by atoms with E-state index in [1.807, 2.05) is 18.4 Å². The molecule has 4 rings (SSSR count). The third-order valence-electron chi connectivity index (χ3n) is 5.11. The zero-order valence-electron chi connectivity index (χ0n) is 16.3. The Morgan fingerprint density at radius 2 is 1.81 bits per heavy atom. The Morgan fingerprint density at radius 1 is 1.11 bits per heavy atom. The molecule has 1 aliphatic rings. The first kappa shape index (κ1) is 17.6. The third kappa shape index (κ3) is 2.78. The van der Waals surface area contributed by atoms with Gasteiger partial charge >= 0.3 is 5.69 Å². The molecule has 0 spiro atoms. The van der Waals surface area contributed by atoms with Gasteiger partial charge in [-0.3, -0.25) is 13.9 Å². The molecule has 0 atom stereocenters. The van der Waals surface area contributed by atoms with Crippen LogP contribution >= 0.6 is 0 Å². The van der Waals surface area contributed by atoms with Gasteiger partial charge in [0.05, 0.1) is 0 Å². The molecule has 0 radical (unpaired) electrons. The number of aromatic nitrogens is 4. The monoisotopic (exact) mass is 367 g/mol. The van der Waals surface area contributed by atoms with Crippen molar-refractivity contribution in [2.24, 2.45) is 13.0 Å². The molecule has 7 heteroatoms. The second-order valence-electron chi connectivity index (χ2n) is 7.73. The molecule has 27 heavy (non-hydrogen) atoms. The van der Waals surface area contributed by atoms with Gasteiger partial charge in [0.2, 0.25) is 5.95 Å². The Hall–Kier alpha value is -2.83. The zero-order valence-corrected chi connectivity index (χ0v) is 16.3. The van der Waals surface area contributed by atoms with Gasteiger partial charge in [-0.2, -0.15) is 4.98 Å². The van der Waals surface area contributed by atoms with E-state index < -0.39 is 0 Å². The van der Waals surface area contributed by atoms with Crippen LogP contribution in [0.2, 0.25) is 0 Å². The first-order chi connectivity index (χ1) is 12.9. The fourth-order valence-electron chi connectivity index (χ4n) is 3.76. The smallest absolute Gasteiger partial charge is 0.312 e. The fraction of sp³-hybridized carbons (Fsp3) is 0.450. The van der Waals surface area contributed by atoms with E-state index in [2.05, 4.69) is 36.1 Å². The Morgan fingerprint density at radius 3 is 2.48 bits per heavy atom. The van der Waals surface area contributed by atoms with E-state index in [1.165, 1.54) is 14.7 Å². The molecule has 3 heterocycles. The van der Waals surface area contributed by atoms with Crippen LogP contribution in [0.15, 0.2) is 33.9 Å². The molecule has 1 aromatic carbocycles. The standard InChI is InChI=1S/C20H25N5O2/c1-13(2)12-25-18(26)16-17(22(4)20(25)27)21-19-23(10-5-11-24(16)19)15-8-6-14(3)7-9-15/h6-9,13H,5,10-12H2,1-4H3. The summed E-state index contributed by atoms with van der Waals surface area (Å²) in [4.78, 5) is 32.7. The van der Waals surface area contributed by atoms with Crippen LogP contribution in [0.4, 0.5) is 11.6 Å². The number of fused-ring (bicyclic) bond motifs is 3. The van der Waals surface area contributed by atoms with Crippen LogP contribution in [0.1, 0.15) is 25.8 Å². The highest BCUT2D eigenvalue weighted by molar-refractivity contribution is 5.77. The van der Waals surface area contributed by atoms with Crippen molar-refractivity contribution in [1.82, 2.24) is 18.7 Å². The van der Waals surface area contributed by atoms with E-state index in [-0.39, 0.29) is 17.2 Å². The summed E-state index contributed by atoms with van der Waals surface area (Å²) in [7, 11) is 1.69. The van der Waals surface area contributed by atoms with E-state index in [1.54, 1.807) is 7.05 Å². The van der Waals surface area contributed by atoms with Crippen molar-refractivity contribution in [2.75, 3.05) is 11.4 Å². The molecule has 7 nitrogen and oxygen atoms in total. The number of benzene rings is 1. The predicted octanol–water partition coefficient (Wildman–Crippen LogP) is 2.40. The Balaban J connectivity index is 1.96. The molecule has 0 saturated heterocycles. The van der Waals surface area contributed by atoms with Gasteiger partial charge in [-0.1, -0.05) is 31.5 Å². The van der Waals surface area contributed by atoms with Crippen LogP contribution < -0.4 is 16.1 Å². The molecule has 0 aliphatic carbocycles. The van der Waals surface area contributed by atoms with Gasteiger partial charge in [-0.05, 0) is 31.4 Å². The largest absolute Gasteiger partial charge is 0.332 e. The quantitative estimate of drug-likeness (QED) is 0.713. The maximum atomic E-state index is 13.1. The van der Waals surface area contributed by atoms with Gasteiger partial charge in [0, 0.05) is 32.4 Å². The van der Waals surface area contributed by atoms with Crippen molar-refractivity contribution in [2.45, 2.75) is 40.3 Å². The molecule has 0 amide bonds. The number of rotatable bonds is 3. The molecule has 2 aromatic heterocycles. The lowest BCUT2D eigenvalue weighted by molar-refractivity contribution is 0.483. The van der Waals surface area contributed by atoms with E-state index in [0.29, 0.717) is 17.7 Å². The van der Waals surface area contributed by atoms with Crippen LogP contribution in [0, 0.1) is 12.8 Å². The lowest BCUT2D eigenvalue weighted by Gasteiger charge is -2.29. The SMILES string of the molecule is Cc1ccc(N2CCCn3c2nc2c3c(=O)n(CC(C)C)c(=O)n2C)cc1. The molecule has 0 saturated carbocycles. The molecule has 3 aromatic rings. The number of nitrogens with zero attached hydrogens (tertiary/aromatic N) is 5. The summed E-state index contributed by atoms with van der Waals surface area (Å²) in [5, 5.41) is 0. The number of hydrogen-bond donors (Lipinski definition) is 0. The maximum absolute atomic E-state index is 13.1. The van der Waals surface area contributed by atoms with Gasteiger partial charge in [-0.25, -0.2) is 4.79 Å². The highest BCUT2D eigenvalue weighted by Gasteiger charge is 2.27. The van der Waals surface area contributed by atoms with Gasteiger partial charge in [0.25, 0.3) is 5.56 Å². The van der Waals surface area contributed by atoms with Crippen LogP contribution in [0.3, 0.4) is 0 Å². The third-order valence-corrected chi connectivity index (χ3v) is 5.11. The number of imidazole rings is 1. The highest BCUT2D eigenvalue weighted by Crippen LogP contribution is 2.30. The number of aryl methyl sites for hydroxylation is 3. The first-order valence-corrected chi connectivity index (χ1v) is 9.42. The minimum Gasteiger partial charge on any atom is -0.312 e. The molecule has 0 fully saturated rings. The van der Waals surface area contributed by atoms with Crippen LogP contribution in [-0.2, 0) is 20.1 Å². The normalized spacial score (nSPS) is 14.2. The van der Waals surface area contributed by atoms with Gasteiger partial charge in [0.1, 0.15) is 0 Å². The van der Waals surface area contributed by atoms with Gasteiger partial charge < -0.3 is 9.47 Å². The molecule has 1 aliphatic heterocycles. The summed E-state index contributed by atoms with van der Waals surface area (Å²) in [5.41, 5.74) is 2.67. The lowest BCUT2D eigenvalue weighted by atomic mass is 10.2. The van der Waals surface area contributed by atoms with Gasteiger partial charge in [-0.15, -0.1) is 0 Å². The van der Waals surface area contributed by atoms with Crippen molar-refractivity contribution in [3.8, 4) is 0 Å². The summed E-state index contributed by atoms with van der Waals surface area (Å²) in [5.74, 6) is 0.940. The van der Waals surface area contributed by atoms with Crippen LogP contribution in [0.25, 0.3) is 11.2 Å². The fourth-order valence-corrected chi connectivity index (χ4v) is 3.76. The Labute approximate surface area is 157 Å². The van der Waals surface area contributed by atoms with E-state index in [4.69, 9.17) is 4.98 Å². The van der Waals surface area contributed by atoms with Crippen molar-refractivity contribution in [3.05, 3.63) is 50.7 Å². The molecule has 0 unspecified atom stereocenters. The first-order valence-electron chi connectivity index (χ1n) is 9.42. The van der Waals surface area contributed by atoms with Crippen molar-refractivity contribution >= 4 is 22.8 Å². The zero-order chi connectivity index (χ0) is 19.3. The number of anilines is 2. The average Bonchev–Trinajstić information content (AvgIpc) is 3.04. The minimum atomic E-state index is -0.307. The topological polar surface area (TPSA) is 65.1 Å². The van der Waals surface area contributed by atoms with Crippen LogP contribution in [-0.4, -0.2) is 25.2 Å².